The molecule has 0 saturated carbocycles. The van der Waals surface area contributed by atoms with Crippen LogP contribution in [0, 0.1) is 0 Å². The maximum atomic E-state index is 3.61. The summed E-state index contributed by atoms with van der Waals surface area (Å²) in [5.41, 5.74) is 0. The molecule has 0 aliphatic carbocycles. The fraction of sp³-hybridized carbons (Fsp3) is 0.333. The Balaban J connectivity index is 1.79. The number of rotatable bonds is 0. The number of thioether (sulfide) groups is 6. The Kier molecular flexibility index (Phi) is 4.35. The molecule has 0 saturated heterocycles. The van der Waals surface area contributed by atoms with Crippen LogP contribution in [0.15, 0.2) is 25.7 Å². The number of allylic oxidation sites excluding steroid dienone is 1. The van der Waals surface area contributed by atoms with Crippen molar-refractivity contribution < 1.29 is 0 Å². The summed E-state index contributed by atoms with van der Waals surface area (Å²) in [4.78, 5) is 1.39. The van der Waals surface area contributed by atoms with Crippen LogP contribution in [0.1, 0.15) is 6.92 Å². The van der Waals surface area contributed by atoms with Gasteiger partial charge in [-0.15, -0.1) is 23.5 Å². The average molecular weight is 387 g/mol. The number of hydrogen-bond acceptors (Lipinski definition) is 6. The minimum absolute atomic E-state index is 1.26. The third kappa shape index (κ3) is 2.56. The molecule has 16 heavy (non-hydrogen) atoms. The molecule has 0 aromatic heterocycles. The van der Waals surface area contributed by atoms with E-state index in [4.69, 9.17) is 0 Å². The highest BCUT2D eigenvalue weighted by Gasteiger charge is 2.29. The molecule has 0 aromatic rings. The second-order valence-electron chi connectivity index (χ2n) is 3.08. The van der Waals surface area contributed by atoms with Crippen molar-refractivity contribution in [2.75, 3.05) is 11.5 Å². The molecule has 86 valence electrons. The maximum absolute atomic E-state index is 3.61. The van der Waals surface area contributed by atoms with Crippen LogP contribution in [0.3, 0.4) is 0 Å². The zero-order valence-corrected chi connectivity index (χ0v) is 14.7. The van der Waals surface area contributed by atoms with Crippen LogP contribution < -0.4 is 0 Å². The van der Waals surface area contributed by atoms with Gasteiger partial charge in [0.2, 0.25) is 0 Å². The Morgan fingerprint density at radius 2 is 1.38 bits per heavy atom. The van der Waals surface area contributed by atoms with E-state index in [0.29, 0.717) is 0 Å². The molecular weight excluding hydrogens is 380 g/mol. The first-order valence-electron chi connectivity index (χ1n) is 4.56. The van der Waals surface area contributed by atoms with Crippen molar-refractivity contribution in [1.29, 1.82) is 0 Å². The van der Waals surface area contributed by atoms with Crippen molar-refractivity contribution >= 4 is 86.5 Å². The zero-order chi connectivity index (χ0) is 11.1. The molecule has 3 aliphatic heterocycles. The highest BCUT2D eigenvalue weighted by molar-refractivity contribution is 9.14. The second-order valence-corrected chi connectivity index (χ2v) is 11.9. The van der Waals surface area contributed by atoms with Crippen LogP contribution in [-0.2, 0) is 0 Å². The molecule has 0 aromatic carbocycles. The SMILES string of the molecule is CC1=C(Br)SC(=C2SC3=C(SCCS3)S2)S1. The van der Waals surface area contributed by atoms with Crippen molar-refractivity contribution in [2.24, 2.45) is 0 Å². The van der Waals surface area contributed by atoms with Crippen molar-refractivity contribution in [3.05, 3.63) is 25.7 Å². The molecule has 3 aliphatic rings. The highest BCUT2D eigenvalue weighted by Crippen LogP contribution is 2.65. The molecule has 0 bridgehead atoms. The minimum Gasteiger partial charge on any atom is -0.116 e. The molecule has 0 fully saturated rings. The Bertz CT molecular complexity index is 399. The normalized spacial score (nSPS) is 25.9. The van der Waals surface area contributed by atoms with Gasteiger partial charge in [0.25, 0.3) is 0 Å². The van der Waals surface area contributed by atoms with Crippen molar-refractivity contribution in [2.45, 2.75) is 6.92 Å². The molecule has 3 rings (SSSR count). The van der Waals surface area contributed by atoms with Gasteiger partial charge in [-0.05, 0) is 22.9 Å². The summed E-state index contributed by atoms with van der Waals surface area (Å²) in [6.07, 6.45) is 0. The number of hydrogen-bond donors (Lipinski definition) is 0. The van der Waals surface area contributed by atoms with Crippen LogP contribution in [0.5, 0.6) is 0 Å². The summed E-state index contributed by atoms with van der Waals surface area (Å²) in [6.45, 7) is 2.18. The van der Waals surface area contributed by atoms with Gasteiger partial charge in [0.05, 0.1) is 20.8 Å². The van der Waals surface area contributed by atoms with Gasteiger partial charge in [0, 0.05) is 16.4 Å². The van der Waals surface area contributed by atoms with Gasteiger partial charge in [-0.3, -0.25) is 0 Å². The molecule has 0 nitrogen and oxygen atoms in total. The van der Waals surface area contributed by atoms with E-state index in [1.54, 1.807) is 0 Å². The van der Waals surface area contributed by atoms with E-state index >= 15 is 0 Å². The molecule has 7 heteroatoms. The van der Waals surface area contributed by atoms with E-state index in [9.17, 15) is 0 Å². The summed E-state index contributed by atoms with van der Waals surface area (Å²) in [7, 11) is 0. The Hall–Kier alpha value is 1.80. The minimum atomic E-state index is 1.26. The predicted octanol–water partition coefficient (Wildman–Crippen LogP) is 6.26. The second kappa shape index (κ2) is 5.43. The standard InChI is InChI=1S/C9H7BrS6/c1-4-5(10)14-8(13-4)9-15-6-7(16-9)12-3-2-11-6/h2-3H2,1H3. The number of halogens is 1. The highest BCUT2D eigenvalue weighted by atomic mass is 79.9. The lowest BCUT2D eigenvalue weighted by molar-refractivity contribution is 1.56. The molecule has 0 spiro atoms. The van der Waals surface area contributed by atoms with Gasteiger partial charge in [-0.25, -0.2) is 0 Å². The summed E-state index contributed by atoms with van der Waals surface area (Å²) < 4.78 is 7.29. The van der Waals surface area contributed by atoms with E-state index < -0.39 is 0 Å². The van der Waals surface area contributed by atoms with Gasteiger partial charge in [-0.1, -0.05) is 47.0 Å². The molecule has 0 N–H and O–H groups in total. The lowest BCUT2D eigenvalue weighted by atomic mass is 10.8. The molecule has 0 radical (unpaired) electrons. The zero-order valence-electron chi connectivity index (χ0n) is 8.24. The van der Waals surface area contributed by atoms with Crippen LogP contribution in [0.25, 0.3) is 0 Å². The molecular formula is C9H7BrS6. The van der Waals surface area contributed by atoms with Crippen LogP contribution in [0.4, 0.5) is 0 Å². The topological polar surface area (TPSA) is 0 Å². The van der Waals surface area contributed by atoms with Crippen molar-refractivity contribution in [3.63, 3.8) is 0 Å². The van der Waals surface area contributed by atoms with Crippen molar-refractivity contribution in [1.82, 2.24) is 0 Å². The third-order valence-electron chi connectivity index (χ3n) is 1.96. The Labute approximate surface area is 129 Å². The monoisotopic (exact) mass is 386 g/mol. The lowest BCUT2D eigenvalue weighted by Gasteiger charge is -2.08. The maximum Gasteiger partial charge on any atom is 0.0717 e. The molecule has 0 atom stereocenters. The third-order valence-corrected chi connectivity index (χ3v) is 12.0. The largest absolute Gasteiger partial charge is 0.116 e. The average Bonchev–Trinajstić information content (AvgIpc) is 2.83. The van der Waals surface area contributed by atoms with E-state index in [2.05, 4.69) is 22.9 Å². The first kappa shape index (κ1) is 12.8. The van der Waals surface area contributed by atoms with Gasteiger partial charge < -0.3 is 0 Å². The van der Waals surface area contributed by atoms with Gasteiger partial charge in [-0.2, -0.15) is 0 Å². The summed E-state index contributed by atoms with van der Waals surface area (Å²) in [5.74, 6) is 2.53. The first-order valence-corrected chi connectivity index (χ1v) is 10.6. The Morgan fingerprint density at radius 1 is 0.812 bits per heavy atom. The fourth-order valence-electron chi connectivity index (χ4n) is 1.24. The lowest BCUT2D eigenvalue weighted by Crippen LogP contribution is -1.88. The fourth-order valence-corrected chi connectivity index (χ4v) is 10.8. The summed E-state index contributed by atoms with van der Waals surface area (Å²) in [6, 6.07) is 0. The molecule has 0 unspecified atom stereocenters. The smallest absolute Gasteiger partial charge is 0.0717 e. The van der Waals surface area contributed by atoms with E-state index in [1.807, 2.05) is 70.6 Å². The molecule has 0 amide bonds. The quantitative estimate of drug-likeness (QED) is 0.477. The van der Waals surface area contributed by atoms with E-state index in [-0.39, 0.29) is 0 Å². The Morgan fingerprint density at radius 3 is 1.88 bits per heavy atom. The molecule has 3 heterocycles. The van der Waals surface area contributed by atoms with E-state index in [0.717, 1.165) is 0 Å². The summed E-state index contributed by atoms with van der Waals surface area (Å²) >= 11 is 15.4. The van der Waals surface area contributed by atoms with Crippen LogP contribution in [0.2, 0.25) is 0 Å². The van der Waals surface area contributed by atoms with E-state index in [1.165, 1.54) is 37.2 Å². The van der Waals surface area contributed by atoms with Gasteiger partial charge in [0.15, 0.2) is 0 Å². The van der Waals surface area contributed by atoms with Crippen LogP contribution in [-0.4, -0.2) is 11.5 Å². The summed E-state index contributed by atoms with van der Waals surface area (Å²) in [5, 5.41) is 0. The van der Waals surface area contributed by atoms with Crippen molar-refractivity contribution in [3.8, 4) is 0 Å². The van der Waals surface area contributed by atoms with Gasteiger partial charge >= 0.3 is 0 Å². The van der Waals surface area contributed by atoms with Crippen LogP contribution >= 0.6 is 86.5 Å². The first-order chi connectivity index (χ1) is 7.74. The van der Waals surface area contributed by atoms with Gasteiger partial charge in [0.1, 0.15) is 0 Å². The predicted molar refractivity (Wildman–Crippen MR) is 91.0 cm³/mol.